The molecule has 2 nitrogen and oxygen atoms in total. The molecule has 20 heavy (non-hydrogen) atoms. The Morgan fingerprint density at radius 3 is 1.50 bits per heavy atom. The molecule has 0 atom stereocenters. The van der Waals surface area contributed by atoms with Crippen LogP contribution in [0, 0.1) is 11.3 Å². The molecule has 3 aliphatic rings. The second kappa shape index (κ2) is 3.94. The summed E-state index contributed by atoms with van der Waals surface area (Å²) in [5.41, 5.74) is 11.1. The van der Waals surface area contributed by atoms with E-state index in [-0.39, 0.29) is 11.8 Å². The monoisotopic (exact) mass is 260 g/mol. The third kappa shape index (κ3) is 1.47. The van der Waals surface area contributed by atoms with Crippen molar-refractivity contribution in [2.24, 2.45) is 5.73 Å². The van der Waals surface area contributed by atoms with E-state index in [0.717, 1.165) is 0 Å². The molecule has 3 aliphatic carbocycles. The topological polar surface area (TPSA) is 49.8 Å². The molecule has 0 heterocycles. The first-order chi connectivity index (χ1) is 9.72. The Morgan fingerprint density at radius 1 is 0.850 bits per heavy atom. The molecule has 2 N–H and O–H groups in total. The van der Waals surface area contributed by atoms with Crippen molar-refractivity contribution < 1.29 is 0 Å². The minimum absolute atomic E-state index is 0.255. The van der Waals surface area contributed by atoms with Crippen molar-refractivity contribution in [2.45, 2.75) is 30.2 Å². The lowest BCUT2D eigenvalue weighted by molar-refractivity contribution is 0.454. The molecular weight excluding hydrogens is 244 g/mol. The van der Waals surface area contributed by atoms with E-state index in [9.17, 15) is 5.26 Å². The maximum absolute atomic E-state index is 9.52. The minimum Gasteiger partial charge on any atom is -0.313 e. The quantitative estimate of drug-likeness (QED) is 0.790. The number of nitrogens with zero attached hydrogens (tertiary/aromatic N) is 1. The molecule has 0 amide bonds. The Hall–Kier alpha value is -2.11. The number of hydrogen-bond acceptors (Lipinski definition) is 2. The van der Waals surface area contributed by atoms with Crippen LogP contribution >= 0.6 is 0 Å². The van der Waals surface area contributed by atoms with Gasteiger partial charge in [-0.2, -0.15) is 5.26 Å². The van der Waals surface area contributed by atoms with Gasteiger partial charge in [0.15, 0.2) is 0 Å². The maximum atomic E-state index is 9.52. The van der Waals surface area contributed by atoms with Gasteiger partial charge in [0.2, 0.25) is 0 Å². The highest BCUT2D eigenvalue weighted by molar-refractivity contribution is 5.55. The highest BCUT2D eigenvalue weighted by atomic mass is 14.8. The van der Waals surface area contributed by atoms with Crippen molar-refractivity contribution in [1.29, 1.82) is 5.26 Å². The first-order valence-corrected chi connectivity index (χ1v) is 7.10. The molecule has 2 aromatic rings. The zero-order valence-electron chi connectivity index (χ0n) is 11.2. The fourth-order valence-electron chi connectivity index (χ4n) is 3.97. The van der Waals surface area contributed by atoms with Gasteiger partial charge in [0.1, 0.15) is 5.54 Å². The Balaban J connectivity index is 2.01. The van der Waals surface area contributed by atoms with E-state index in [1.54, 1.807) is 0 Å². The lowest BCUT2D eigenvalue weighted by Crippen LogP contribution is -2.38. The summed E-state index contributed by atoms with van der Waals surface area (Å²) in [4.78, 5) is 0. The summed E-state index contributed by atoms with van der Waals surface area (Å²) < 4.78 is 0. The normalized spacial score (nSPS) is 30.0. The van der Waals surface area contributed by atoms with Gasteiger partial charge in [0.25, 0.3) is 0 Å². The summed E-state index contributed by atoms with van der Waals surface area (Å²) in [7, 11) is 0. The number of nitrogens with two attached hydrogens (primary N) is 1. The van der Waals surface area contributed by atoms with Gasteiger partial charge in [-0.3, -0.25) is 0 Å². The van der Waals surface area contributed by atoms with Gasteiger partial charge in [-0.15, -0.1) is 0 Å². The fraction of sp³-hybridized carbons (Fsp3) is 0.278. The summed E-state index contributed by atoms with van der Waals surface area (Å²) in [6.45, 7) is 0. The van der Waals surface area contributed by atoms with Crippen LogP contribution in [-0.2, 0) is 0 Å². The predicted octanol–water partition coefficient (Wildman–Crippen LogP) is 3.28. The first kappa shape index (κ1) is 11.7. The Bertz CT molecular complexity index is 627. The van der Waals surface area contributed by atoms with E-state index >= 15 is 0 Å². The van der Waals surface area contributed by atoms with Gasteiger partial charge in [-0.25, -0.2) is 0 Å². The second-order valence-electron chi connectivity index (χ2n) is 6.04. The standard InChI is InChI=1S/C18H16N2/c19-11-18(20)9-16-12-5-1-2-6-13(12)17(10-18)15-8-4-3-7-14(15)16/h1-8,16-17H,9-10,20H2. The zero-order chi connectivity index (χ0) is 13.7. The number of fused-ring (bicyclic) bond motifs is 2. The zero-order valence-corrected chi connectivity index (χ0v) is 11.2. The highest BCUT2D eigenvalue weighted by Gasteiger charge is 2.44. The smallest absolute Gasteiger partial charge is 0.106 e. The van der Waals surface area contributed by atoms with E-state index in [1.807, 2.05) is 0 Å². The Kier molecular flexibility index (Phi) is 2.31. The number of hydrogen-bond donors (Lipinski definition) is 1. The van der Waals surface area contributed by atoms with Crippen molar-refractivity contribution in [3.05, 3.63) is 70.8 Å². The van der Waals surface area contributed by atoms with Crippen molar-refractivity contribution >= 4 is 0 Å². The molecule has 0 aromatic heterocycles. The molecule has 5 rings (SSSR count). The van der Waals surface area contributed by atoms with Gasteiger partial charge in [-0.05, 0) is 35.1 Å². The van der Waals surface area contributed by atoms with Crippen molar-refractivity contribution in [1.82, 2.24) is 0 Å². The van der Waals surface area contributed by atoms with Crippen LogP contribution in [0.2, 0.25) is 0 Å². The molecule has 0 fully saturated rings. The molecule has 0 aliphatic heterocycles. The number of nitriles is 1. The van der Waals surface area contributed by atoms with Crippen LogP contribution in [0.3, 0.4) is 0 Å². The van der Waals surface area contributed by atoms with E-state index in [2.05, 4.69) is 54.6 Å². The third-order valence-corrected chi connectivity index (χ3v) is 4.85. The predicted molar refractivity (Wildman–Crippen MR) is 78.3 cm³/mol. The third-order valence-electron chi connectivity index (χ3n) is 4.85. The van der Waals surface area contributed by atoms with Gasteiger partial charge >= 0.3 is 0 Å². The van der Waals surface area contributed by atoms with E-state index < -0.39 is 5.54 Å². The van der Waals surface area contributed by atoms with Crippen molar-refractivity contribution in [3.63, 3.8) is 0 Å². The van der Waals surface area contributed by atoms with Crippen molar-refractivity contribution in [3.8, 4) is 6.07 Å². The van der Waals surface area contributed by atoms with Crippen LogP contribution in [0.1, 0.15) is 46.9 Å². The maximum Gasteiger partial charge on any atom is 0.106 e. The summed E-state index contributed by atoms with van der Waals surface area (Å²) in [5, 5.41) is 9.52. The highest BCUT2D eigenvalue weighted by Crippen LogP contribution is 2.52. The second-order valence-corrected chi connectivity index (χ2v) is 6.04. The lowest BCUT2D eigenvalue weighted by Gasteiger charge is -2.30. The summed E-state index contributed by atoms with van der Waals surface area (Å²) in [6, 6.07) is 19.5. The van der Waals surface area contributed by atoms with Gasteiger partial charge < -0.3 is 5.73 Å². The summed E-state index contributed by atoms with van der Waals surface area (Å²) >= 11 is 0. The molecule has 2 bridgehead atoms. The van der Waals surface area contributed by atoms with Crippen LogP contribution in [0.25, 0.3) is 0 Å². The Labute approximate surface area is 118 Å². The molecule has 0 saturated carbocycles. The molecule has 0 radical (unpaired) electrons. The summed E-state index contributed by atoms with van der Waals surface area (Å²) in [6.07, 6.45) is 1.43. The van der Waals surface area contributed by atoms with Crippen molar-refractivity contribution in [2.75, 3.05) is 0 Å². The van der Waals surface area contributed by atoms with Gasteiger partial charge in [-0.1, -0.05) is 48.5 Å². The fourth-order valence-corrected chi connectivity index (χ4v) is 3.97. The first-order valence-electron chi connectivity index (χ1n) is 7.10. The minimum atomic E-state index is -0.729. The van der Waals surface area contributed by atoms with E-state index in [0.29, 0.717) is 12.8 Å². The molecule has 2 heteroatoms. The van der Waals surface area contributed by atoms with Crippen LogP contribution in [0.15, 0.2) is 48.5 Å². The number of benzene rings is 2. The average Bonchev–Trinajstić information content (AvgIpc) is 2.72. The van der Waals surface area contributed by atoms with Gasteiger partial charge in [0, 0.05) is 11.8 Å². The van der Waals surface area contributed by atoms with E-state index in [4.69, 9.17) is 5.73 Å². The van der Waals surface area contributed by atoms with Crippen LogP contribution in [0.5, 0.6) is 0 Å². The van der Waals surface area contributed by atoms with Crippen LogP contribution in [0.4, 0.5) is 0 Å². The van der Waals surface area contributed by atoms with E-state index in [1.165, 1.54) is 22.3 Å². The molecule has 98 valence electrons. The average molecular weight is 260 g/mol. The van der Waals surface area contributed by atoms with Crippen LogP contribution in [-0.4, -0.2) is 5.54 Å². The molecule has 2 aromatic carbocycles. The SMILES string of the molecule is N#CC1(N)CC2c3ccccc3C(C1)c1ccccc12. The molecule has 0 spiro atoms. The number of rotatable bonds is 0. The molecule has 0 saturated heterocycles. The molecule has 0 unspecified atom stereocenters. The Morgan fingerprint density at radius 2 is 1.20 bits per heavy atom. The van der Waals surface area contributed by atoms with Gasteiger partial charge in [0.05, 0.1) is 6.07 Å². The van der Waals surface area contributed by atoms with Crippen LogP contribution < -0.4 is 5.73 Å². The molecular formula is C18H16N2. The lowest BCUT2D eigenvalue weighted by atomic mass is 9.74. The summed E-state index contributed by atoms with van der Waals surface area (Å²) in [5.74, 6) is 0.511. The largest absolute Gasteiger partial charge is 0.313 e.